The number of benzene rings is 4. The van der Waals surface area contributed by atoms with Crippen LogP contribution in [-0.4, -0.2) is 23.1 Å². The smallest absolute Gasteiger partial charge is 0.677 e. The van der Waals surface area contributed by atoms with E-state index < -0.39 is 0 Å². The van der Waals surface area contributed by atoms with Crippen LogP contribution in [0.3, 0.4) is 0 Å². The monoisotopic (exact) mass is 576 g/mol. The first-order valence-corrected chi connectivity index (χ1v) is 12.4. The molecule has 0 aliphatic heterocycles. The maximum atomic E-state index is 7.19. The van der Waals surface area contributed by atoms with Gasteiger partial charge in [0.25, 0.3) is 0 Å². The molecule has 0 saturated carbocycles. The van der Waals surface area contributed by atoms with Gasteiger partial charge in [0.2, 0.25) is 0 Å². The molecule has 0 amide bonds. The topological polar surface area (TPSA) is 63.7 Å². The summed E-state index contributed by atoms with van der Waals surface area (Å²) >= 11 is 0. The van der Waals surface area contributed by atoms with Crippen LogP contribution in [0, 0.1) is 13.8 Å². The summed E-state index contributed by atoms with van der Waals surface area (Å²) in [6.07, 6.45) is 4.50. The van der Waals surface area contributed by atoms with E-state index in [2.05, 4.69) is 95.9 Å². The molecule has 0 bridgehead atoms. The largest absolute Gasteiger partial charge is 2.00 e. The molecule has 0 spiro atoms. The quantitative estimate of drug-likeness (QED) is 0.0891. The molecule has 2 heterocycles. The second-order valence-electron chi connectivity index (χ2n) is 9.06. The maximum absolute atomic E-state index is 7.19. The SMILES string of the molecule is Cc1c(C)c2cccnc2c2ncccc12.[NH-]CCC[N-]Cc1c2ccccc2cc2ccccc12.[Pd+2]. The first-order chi connectivity index (χ1) is 17.7. The number of nitrogens with one attached hydrogen (secondary N) is 1. The summed E-state index contributed by atoms with van der Waals surface area (Å²) < 4.78 is 0. The molecule has 5 heteroatoms. The molecule has 0 aliphatic rings. The zero-order chi connectivity index (χ0) is 24.9. The van der Waals surface area contributed by atoms with Crippen molar-refractivity contribution in [1.82, 2.24) is 9.97 Å². The van der Waals surface area contributed by atoms with Crippen molar-refractivity contribution >= 4 is 43.4 Å². The molecule has 0 fully saturated rings. The third kappa shape index (κ3) is 5.56. The molecule has 0 atom stereocenters. The van der Waals surface area contributed by atoms with Gasteiger partial charge in [-0.25, -0.2) is 0 Å². The molecule has 2 aromatic heterocycles. The minimum absolute atomic E-state index is 0. The second-order valence-corrected chi connectivity index (χ2v) is 9.06. The van der Waals surface area contributed by atoms with Crippen molar-refractivity contribution in [2.24, 2.45) is 0 Å². The summed E-state index contributed by atoms with van der Waals surface area (Å²) in [4.78, 5) is 8.90. The number of nitrogens with zero attached hydrogens (tertiary/aromatic N) is 3. The molecule has 0 aliphatic carbocycles. The summed E-state index contributed by atoms with van der Waals surface area (Å²) in [5, 5.41) is 12.1. The molecule has 37 heavy (non-hydrogen) atoms. The van der Waals surface area contributed by atoms with Crippen LogP contribution in [0.2, 0.25) is 0 Å². The van der Waals surface area contributed by atoms with Gasteiger partial charge in [-0.3, -0.25) is 9.97 Å². The summed E-state index contributed by atoms with van der Waals surface area (Å²) in [6, 6.07) is 27.4. The minimum atomic E-state index is 0. The summed E-state index contributed by atoms with van der Waals surface area (Å²) in [6.45, 7) is 6.26. The number of aromatic nitrogens is 2. The van der Waals surface area contributed by atoms with E-state index in [9.17, 15) is 0 Å². The Bertz CT molecular complexity index is 1550. The molecule has 0 radical (unpaired) electrons. The molecule has 4 nitrogen and oxygen atoms in total. The first-order valence-electron chi connectivity index (χ1n) is 12.4. The van der Waals surface area contributed by atoms with E-state index in [-0.39, 0.29) is 20.4 Å². The summed E-state index contributed by atoms with van der Waals surface area (Å²) in [5.74, 6) is 0. The van der Waals surface area contributed by atoms with Gasteiger partial charge in [0, 0.05) is 23.2 Å². The Hall–Kier alpha value is -3.20. The van der Waals surface area contributed by atoms with Crippen molar-refractivity contribution in [3.63, 3.8) is 0 Å². The standard InChI is InChI=1S/C18H18N2.C14H12N2.Pd/c19-10-5-11-20-13-18-16-8-3-1-6-14(16)12-15-7-2-4-9-17(15)18;1-9-10(2)12-6-4-8-16-14(12)13-11(9)5-3-7-15-13;/h1-4,6-9,12,19H,5,10-11,13H2;3-8H,1-2H3;/q-2;;+2. The van der Waals surface area contributed by atoms with E-state index in [1.807, 2.05) is 24.5 Å². The van der Waals surface area contributed by atoms with Crippen molar-refractivity contribution in [3.8, 4) is 0 Å². The van der Waals surface area contributed by atoms with Crippen LogP contribution in [0.25, 0.3) is 54.4 Å². The third-order valence-electron chi connectivity index (χ3n) is 6.86. The Morgan fingerprint density at radius 2 is 1.16 bits per heavy atom. The molecule has 0 unspecified atom stereocenters. The Morgan fingerprint density at radius 1 is 0.676 bits per heavy atom. The van der Waals surface area contributed by atoms with Crippen LogP contribution in [0.5, 0.6) is 0 Å². The number of fused-ring (bicyclic) bond motifs is 5. The van der Waals surface area contributed by atoms with E-state index in [0.717, 1.165) is 30.5 Å². The fourth-order valence-electron chi connectivity index (χ4n) is 4.86. The van der Waals surface area contributed by atoms with Gasteiger partial charge < -0.3 is 11.1 Å². The molecule has 188 valence electrons. The van der Waals surface area contributed by atoms with Gasteiger partial charge in [0.1, 0.15) is 0 Å². The fourth-order valence-corrected chi connectivity index (χ4v) is 4.86. The Labute approximate surface area is 232 Å². The maximum Gasteiger partial charge on any atom is 2.00 e. The van der Waals surface area contributed by atoms with Crippen LogP contribution in [0.1, 0.15) is 23.1 Å². The average Bonchev–Trinajstić information content (AvgIpc) is 2.94. The van der Waals surface area contributed by atoms with Crippen molar-refractivity contribution in [2.75, 3.05) is 13.1 Å². The summed E-state index contributed by atoms with van der Waals surface area (Å²) in [7, 11) is 0. The van der Waals surface area contributed by atoms with Crippen LogP contribution in [0.15, 0.2) is 91.3 Å². The number of aryl methyl sites for hydroxylation is 2. The van der Waals surface area contributed by atoms with E-state index in [1.165, 1.54) is 49.0 Å². The Balaban J connectivity index is 0.000000172. The molecule has 6 aromatic rings. The number of rotatable bonds is 5. The first kappa shape index (κ1) is 26.9. The van der Waals surface area contributed by atoms with E-state index in [4.69, 9.17) is 5.73 Å². The molecular formula is C32H30N4Pd. The molecule has 6 rings (SSSR count). The van der Waals surface area contributed by atoms with Gasteiger partial charge in [-0.2, -0.15) is 13.1 Å². The number of pyridine rings is 2. The van der Waals surface area contributed by atoms with Crippen LogP contribution in [0.4, 0.5) is 0 Å². The van der Waals surface area contributed by atoms with Crippen LogP contribution < -0.4 is 0 Å². The predicted octanol–water partition coefficient (Wildman–Crippen LogP) is 8.71. The normalized spacial score (nSPS) is 10.9. The average molecular weight is 577 g/mol. The van der Waals surface area contributed by atoms with Gasteiger partial charge in [-0.05, 0) is 64.7 Å². The molecule has 1 N–H and O–H groups in total. The van der Waals surface area contributed by atoms with Crippen molar-refractivity contribution in [2.45, 2.75) is 26.8 Å². The van der Waals surface area contributed by atoms with Gasteiger partial charge in [-0.1, -0.05) is 72.6 Å². The van der Waals surface area contributed by atoms with Gasteiger partial charge in [0.05, 0.1) is 11.0 Å². The zero-order valence-electron chi connectivity index (χ0n) is 21.1. The van der Waals surface area contributed by atoms with Crippen LogP contribution >= 0.6 is 0 Å². The zero-order valence-corrected chi connectivity index (χ0v) is 22.7. The molecule has 0 saturated heterocycles. The van der Waals surface area contributed by atoms with Crippen molar-refractivity contribution < 1.29 is 20.4 Å². The third-order valence-corrected chi connectivity index (χ3v) is 6.86. The van der Waals surface area contributed by atoms with Crippen molar-refractivity contribution in [3.05, 3.63) is 119 Å². The number of hydrogen-bond acceptors (Lipinski definition) is 2. The molecule has 4 aromatic carbocycles. The minimum Gasteiger partial charge on any atom is -0.677 e. The Morgan fingerprint density at radius 3 is 1.68 bits per heavy atom. The summed E-state index contributed by atoms with van der Waals surface area (Å²) in [5.41, 5.74) is 13.1. The molecular weight excluding hydrogens is 547 g/mol. The van der Waals surface area contributed by atoms with Gasteiger partial charge in [-0.15, -0.1) is 6.54 Å². The predicted molar refractivity (Wildman–Crippen MR) is 154 cm³/mol. The van der Waals surface area contributed by atoms with E-state index >= 15 is 0 Å². The van der Waals surface area contributed by atoms with Gasteiger partial charge >= 0.3 is 20.4 Å². The number of hydrogen-bond donors (Lipinski definition) is 0. The fraction of sp³-hybridized carbons (Fsp3) is 0.188. The van der Waals surface area contributed by atoms with Gasteiger partial charge in [0.15, 0.2) is 0 Å². The van der Waals surface area contributed by atoms with E-state index in [1.54, 1.807) is 0 Å². The van der Waals surface area contributed by atoms with Crippen LogP contribution in [-0.2, 0) is 27.0 Å². The second kappa shape index (κ2) is 12.4. The van der Waals surface area contributed by atoms with Crippen molar-refractivity contribution in [1.29, 1.82) is 0 Å². The van der Waals surface area contributed by atoms with E-state index in [0.29, 0.717) is 6.54 Å². The Kier molecular flexibility index (Phi) is 8.97.